The van der Waals surface area contributed by atoms with Gasteiger partial charge in [0, 0.05) is 24.8 Å². The number of halogens is 1. The van der Waals surface area contributed by atoms with Crippen LogP contribution < -0.4 is 5.32 Å². The summed E-state index contributed by atoms with van der Waals surface area (Å²) in [6.45, 7) is 2.38. The van der Waals surface area contributed by atoms with Gasteiger partial charge in [0.05, 0.1) is 0 Å². The molecule has 0 bridgehead atoms. The monoisotopic (exact) mass is 235 g/mol. The molecule has 1 aromatic heterocycles. The molecule has 4 heteroatoms. The minimum absolute atomic E-state index is 0.249. The van der Waals surface area contributed by atoms with Gasteiger partial charge in [-0.1, -0.05) is 0 Å². The maximum absolute atomic E-state index is 13.5. The molecule has 2 aliphatic heterocycles. The summed E-state index contributed by atoms with van der Waals surface area (Å²) < 4.78 is 13.5. The maximum atomic E-state index is 13.5. The van der Waals surface area contributed by atoms with Crippen LogP contribution in [0.3, 0.4) is 0 Å². The van der Waals surface area contributed by atoms with Gasteiger partial charge in [0.2, 0.25) is 0 Å². The van der Waals surface area contributed by atoms with E-state index in [1.165, 1.54) is 25.5 Å². The van der Waals surface area contributed by atoms with E-state index in [0.717, 1.165) is 19.4 Å². The molecule has 0 unspecified atom stereocenters. The largest absolute Gasteiger partial charge is 0.365 e. The number of nitrogens with one attached hydrogen (secondary N) is 1. The molecule has 0 aliphatic carbocycles. The predicted molar refractivity (Wildman–Crippen MR) is 65.4 cm³/mol. The fourth-order valence-corrected chi connectivity index (χ4v) is 3.04. The van der Waals surface area contributed by atoms with Crippen molar-refractivity contribution in [1.82, 2.24) is 9.88 Å². The van der Waals surface area contributed by atoms with Gasteiger partial charge in [-0.2, -0.15) is 0 Å². The van der Waals surface area contributed by atoms with E-state index in [1.807, 2.05) is 0 Å². The quantitative estimate of drug-likeness (QED) is 0.852. The average molecular weight is 235 g/mol. The Bertz CT molecular complexity index is 396. The first kappa shape index (κ1) is 11.0. The molecule has 2 atom stereocenters. The number of hydrogen-bond donors (Lipinski definition) is 1. The van der Waals surface area contributed by atoms with Crippen LogP contribution in [0.4, 0.5) is 10.2 Å². The average Bonchev–Trinajstić information content (AvgIpc) is 2.79. The zero-order valence-electron chi connectivity index (χ0n) is 9.90. The number of nitrogens with zero attached hydrogens (tertiary/aromatic N) is 2. The number of aromatic nitrogens is 1. The van der Waals surface area contributed by atoms with Crippen molar-refractivity contribution in [1.29, 1.82) is 0 Å². The second-order valence-corrected chi connectivity index (χ2v) is 5.03. The number of hydrogen-bond acceptors (Lipinski definition) is 3. The molecular weight excluding hydrogens is 217 g/mol. The van der Waals surface area contributed by atoms with Gasteiger partial charge in [-0.3, -0.25) is 0 Å². The maximum Gasteiger partial charge on any atom is 0.165 e. The first-order valence-corrected chi connectivity index (χ1v) is 6.44. The van der Waals surface area contributed by atoms with Crippen LogP contribution in [0.15, 0.2) is 18.3 Å². The number of piperidine rings is 1. The number of pyridine rings is 1. The first-order chi connectivity index (χ1) is 8.33. The van der Waals surface area contributed by atoms with Crippen molar-refractivity contribution in [2.75, 3.05) is 18.4 Å². The first-order valence-electron chi connectivity index (χ1n) is 6.44. The molecule has 0 aromatic carbocycles. The van der Waals surface area contributed by atoms with E-state index >= 15 is 0 Å². The van der Waals surface area contributed by atoms with Crippen molar-refractivity contribution in [3.8, 4) is 0 Å². The van der Waals surface area contributed by atoms with Gasteiger partial charge in [0.15, 0.2) is 11.6 Å². The number of anilines is 1. The highest BCUT2D eigenvalue weighted by atomic mass is 19.1. The van der Waals surface area contributed by atoms with Crippen LogP contribution in [0, 0.1) is 5.82 Å². The summed E-state index contributed by atoms with van der Waals surface area (Å²) >= 11 is 0. The van der Waals surface area contributed by atoms with Crippen molar-refractivity contribution in [2.45, 2.75) is 37.8 Å². The Balaban J connectivity index is 1.64. The second kappa shape index (κ2) is 4.61. The zero-order chi connectivity index (χ0) is 11.7. The van der Waals surface area contributed by atoms with E-state index in [1.54, 1.807) is 12.3 Å². The minimum atomic E-state index is -0.249. The predicted octanol–water partition coefficient (Wildman–Crippen LogP) is 2.26. The highest BCUT2D eigenvalue weighted by Gasteiger charge is 2.31. The van der Waals surface area contributed by atoms with E-state index < -0.39 is 0 Å². The molecule has 0 amide bonds. The Morgan fingerprint density at radius 2 is 2.29 bits per heavy atom. The molecule has 2 saturated heterocycles. The lowest BCUT2D eigenvalue weighted by molar-refractivity contribution is 0.188. The Hall–Kier alpha value is -1.16. The summed E-state index contributed by atoms with van der Waals surface area (Å²) in [6, 6.07) is 4.16. The number of rotatable bonds is 2. The molecule has 2 aliphatic rings. The summed E-state index contributed by atoms with van der Waals surface area (Å²) in [5.74, 6) is 0.158. The summed E-state index contributed by atoms with van der Waals surface area (Å²) in [7, 11) is 0. The summed E-state index contributed by atoms with van der Waals surface area (Å²) in [4.78, 5) is 6.62. The van der Waals surface area contributed by atoms with E-state index in [9.17, 15) is 4.39 Å². The molecule has 17 heavy (non-hydrogen) atoms. The highest BCUT2D eigenvalue weighted by molar-refractivity contribution is 5.36. The van der Waals surface area contributed by atoms with E-state index in [-0.39, 0.29) is 5.82 Å². The van der Waals surface area contributed by atoms with Gasteiger partial charge in [0.1, 0.15) is 0 Å². The lowest BCUT2D eigenvalue weighted by atomic mass is 9.97. The van der Waals surface area contributed by atoms with Crippen molar-refractivity contribution in [3.05, 3.63) is 24.1 Å². The van der Waals surface area contributed by atoms with E-state index in [2.05, 4.69) is 15.2 Å². The Labute approximate surface area is 101 Å². The lowest BCUT2D eigenvalue weighted by Crippen LogP contribution is -2.42. The molecule has 0 saturated carbocycles. The summed E-state index contributed by atoms with van der Waals surface area (Å²) in [6.07, 6.45) is 6.46. The van der Waals surface area contributed by atoms with Crippen molar-refractivity contribution >= 4 is 5.82 Å². The standard InChI is InChI=1S/C13H18FN3/c14-12-4-1-6-15-13(12)16-10-5-8-17-7-2-3-11(17)9-10/h1,4,6,10-11H,2-3,5,7-9H2,(H,15,16)/t10-,11+/m1/s1. The number of fused-ring (bicyclic) bond motifs is 1. The third kappa shape index (κ3) is 2.27. The smallest absolute Gasteiger partial charge is 0.165 e. The topological polar surface area (TPSA) is 28.2 Å². The molecule has 1 aromatic rings. The third-order valence-electron chi connectivity index (χ3n) is 3.92. The van der Waals surface area contributed by atoms with Crippen LogP contribution in [-0.4, -0.2) is 35.1 Å². The van der Waals surface area contributed by atoms with Crippen molar-refractivity contribution in [2.24, 2.45) is 0 Å². The van der Waals surface area contributed by atoms with Crippen molar-refractivity contribution in [3.63, 3.8) is 0 Å². The van der Waals surface area contributed by atoms with Crippen LogP contribution in [0.2, 0.25) is 0 Å². The van der Waals surface area contributed by atoms with Gasteiger partial charge in [0.25, 0.3) is 0 Å². The fourth-order valence-electron chi connectivity index (χ4n) is 3.04. The lowest BCUT2D eigenvalue weighted by Gasteiger charge is -2.35. The normalized spacial score (nSPS) is 29.0. The van der Waals surface area contributed by atoms with Gasteiger partial charge in [-0.15, -0.1) is 0 Å². The minimum Gasteiger partial charge on any atom is -0.365 e. The Kier molecular flexibility index (Phi) is 2.97. The Morgan fingerprint density at radius 1 is 1.35 bits per heavy atom. The van der Waals surface area contributed by atoms with E-state index in [0.29, 0.717) is 17.9 Å². The van der Waals surface area contributed by atoms with Crippen LogP contribution in [-0.2, 0) is 0 Å². The molecule has 3 nitrogen and oxygen atoms in total. The SMILES string of the molecule is Fc1cccnc1N[C@@H]1CCN2CCC[C@H]2C1. The van der Waals surface area contributed by atoms with Gasteiger partial charge in [-0.25, -0.2) is 9.37 Å². The second-order valence-electron chi connectivity index (χ2n) is 5.03. The van der Waals surface area contributed by atoms with Crippen LogP contribution >= 0.6 is 0 Å². The highest BCUT2D eigenvalue weighted by Crippen LogP contribution is 2.28. The molecule has 2 fully saturated rings. The molecule has 1 N–H and O–H groups in total. The van der Waals surface area contributed by atoms with Crippen molar-refractivity contribution < 1.29 is 4.39 Å². The summed E-state index contributed by atoms with van der Waals surface area (Å²) in [5, 5.41) is 3.25. The molecule has 3 heterocycles. The van der Waals surface area contributed by atoms with Crippen LogP contribution in [0.5, 0.6) is 0 Å². The zero-order valence-corrected chi connectivity index (χ0v) is 9.90. The molecule has 3 rings (SSSR count). The fraction of sp³-hybridized carbons (Fsp3) is 0.615. The van der Waals surface area contributed by atoms with Crippen LogP contribution in [0.25, 0.3) is 0 Å². The molecule has 92 valence electrons. The van der Waals surface area contributed by atoms with Gasteiger partial charge >= 0.3 is 0 Å². The third-order valence-corrected chi connectivity index (χ3v) is 3.92. The molecular formula is C13H18FN3. The molecule has 0 radical (unpaired) electrons. The van der Waals surface area contributed by atoms with E-state index in [4.69, 9.17) is 0 Å². The van der Waals surface area contributed by atoms with Crippen LogP contribution in [0.1, 0.15) is 25.7 Å². The van der Waals surface area contributed by atoms with Gasteiger partial charge < -0.3 is 10.2 Å². The summed E-state index contributed by atoms with van der Waals surface area (Å²) in [5.41, 5.74) is 0. The van der Waals surface area contributed by atoms with Gasteiger partial charge in [-0.05, 0) is 44.4 Å². The molecule has 0 spiro atoms. The Morgan fingerprint density at radius 3 is 3.18 bits per heavy atom.